The van der Waals surface area contributed by atoms with Crippen LogP contribution in [0.2, 0.25) is 0 Å². The molecule has 2 heterocycles. The third-order valence-corrected chi connectivity index (χ3v) is 5.78. The maximum Gasteiger partial charge on any atom is 0.250 e. The lowest BCUT2D eigenvalue weighted by Crippen LogP contribution is -2.32. The summed E-state index contributed by atoms with van der Waals surface area (Å²) < 4.78 is 22.9. The first-order valence-electron chi connectivity index (χ1n) is 8.64. The van der Waals surface area contributed by atoms with Gasteiger partial charge in [-0.15, -0.1) is 0 Å². The minimum absolute atomic E-state index is 0.0184. The number of hydrogen-bond donors (Lipinski definition) is 0. The molecule has 2 aliphatic rings. The molecular formula is C19H24N2O3S. The number of likely N-dealkylation sites (tertiary alicyclic amines) is 1. The number of carbonyl (C=O) groups is 1. The fourth-order valence-corrected chi connectivity index (χ4v) is 3.90. The number of hydrogen-bond acceptors (Lipinski definition) is 4. The van der Waals surface area contributed by atoms with Crippen molar-refractivity contribution in [1.29, 1.82) is 0 Å². The smallest absolute Gasteiger partial charge is 0.250 e. The molecule has 0 saturated carbocycles. The molecule has 0 radical (unpaired) electrons. The first-order chi connectivity index (χ1) is 11.9. The minimum Gasteiger partial charge on any atom is -0.311 e. The van der Waals surface area contributed by atoms with Crippen molar-refractivity contribution >= 4 is 21.8 Å². The molecule has 3 rings (SSSR count). The summed E-state index contributed by atoms with van der Waals surface area (Å²) in [5, 5.41) is 0. The zero-order valence-corrected chi connectivity index (χ0v) is 15.3. The zero-order chi connectivity index (χ0) is 17.9. The van der Waals surface area contributed by atoms with Crippen molar-refractivity contribution < 1.29 is 13.2 Å². The van der Waals surface area contributed by atoms with Gasteiger partial charge in [0.1, 0.15) is 0 Å². The van der Waals surface area contributed by atoms with Crippen LogP contribution in [0, 0.1) is 0 Å². The van der Waals surface area contributed by atoms with Crippen molar-refractivity contribution in [3.8, 4) is 0 Å². The van der Waals surface area contributed by atoms with Crippen molar-refractivity contribution in [1.82, 2.24) is 9.80 Å². The van der Waals surface area contributed by atoms with E-state index in [0.717, 1.165) is 43.9 Å². The number of rotatable bonds is 5. The van der Waals surface area contributed by atoms with Gasteiger partial charge in [0.25, 0.3) is 5.91 Å². The summed E-state index contributed by atoms with van der Waals surface area (Å²) in [5.41, 5.74) is 1.91. The van der Waals surface area contributed by atoms with Gasteiger partial charge in [0.05, 0.1) is 4.90 Å². The third-order valence-electron chi connectivity index (χ3n) is 4.66. The summed E-state index contributed by atoms with van der Waals surface area (Å²) in [7, 11) is -3.19. The maximum absolute atomic E-state index is 12.5. The minimum atomic E-state index is -3.19. The Kier molecular flexibility index (Phi) is 5.39. The largest absolute Gasteiger partial charge is 0.311 e. The van der Waals surface area contributed by atoms with E-state index < -0.39 is 9.84 Å². The molecule has 1 fully saturated rings. The second-order valence-corrected chi connectivity index (χ2v) is 8.65. The molecule has 5 nitrogen and oxygen atoms in total. The standard InChI is InChI=1S/C19H24N2O3S/c1-25(23,24)18-9-6-16(7-10-18)8-11-19(22)21-14-4-5-17(21)15-20-12-2-3-13-20/h5-11H,2-4,12-15H2,1H3/b11-8+. The van der Waals surface area contributed by atoms with E-state index in [1.54, 1.807) is 36.4 Å². The van der Waals surface area contributed by atoms with Crippen molar-refractivity contribution in [3.63, 3.8) is 0 Å². The first kappa shape index (κ1) is 17.9. The van der Waals surface area contributed by atoms with Crippen molar-refractivity contribution in [2.75, 3.05) is 32.4 Å². The van der Waals surface area contributed by atoms with E-state index in [9.17, 15) is 13.2 Å². The third kappa shape index (κ3) is 4.58. The van der Waals surface area contributed by atoms with E-state index in [2.05, 4.69) is 11.0 Å². The monoisotopic (exact) mass is 360 g/mol. The molecule has 1 saturated heterocycles. The van der Waals surface area contributed by atoms with E-state index in [1.807, 2.05) is 4.90 Å². The molecule has 1 aromatic rings. The molecule has 0 unspecified atom stereocenters. The molecule has 1 aromatic carbocycles. The molecule has 6 heteroatoms. The van der Waals surface area contributed by atoms with E-state index in [-0.39, 0.29) is 10.8 Å². The maximum atomic E-state index is 12.5. The van der Waals surface area contributed by atoms with Crippen LogP contribution in [-0.4, -0.2) is 56.6 Å². The van der Waals surface area contributed by atoms with Crippen LogP contribution in [0.15, 0.2) is 47.0 Å². The summed E-state index contributed by atoms with van der Waals surface area (Å²) in [5.74, 6) is -0.0184. The highest BCUT2D eigenvalue weighted by Gasteiger charge is 2.23. The predicted molar refractivity (Wildman–Crippen MR) is 98.7 cm³/mol. The Labute approximate surface area is 149 Å². The van der Waals surface area contributed by atoms with Crippen LogP contribution in [-0.2, 0) is 14.6 Å². The topological polar surface area (TPSA) is 57.7 Å². The Bertz CT molecular complexity index is 788. The van der Waals surface area contributed by atoms with Gasteiger partial charge in [0, 0.05) is 31.1 Å². The van der Waals surface area contributed by atoms with Gasteiger partial charge < -0.3 is 4.90 Å². The zero-order valence-electron chi connectivity index (χ0n) is 14.5. The molecule has 25 heavy (non-hydrogen) atoms. The average molecular weight is 360 g/mol. The van der Waals surface area contributed by atoms with Crippen molar-refractivity contribution in [2.45, 2.75) is 24.2 Å². The van der Waals surface area contributed by atoms with Gasteiger partial charge in [-0.3, -0.25) is 9.69 Å². The van der Waals surface area contributed by atoms with Gasteiger partial charge in [-0.05, 0) is 56.1 Å². The van der Waals surface area contributed by atoms with Gasteiger partial charge in [-0.1, -0.05) is 18.2 Å². The predicted octanol–water partition coefficient (Wildman–Crippen LogP) is 2.32. The average Bonchev–Trinajstić information content (AvgIpc) is 3.24. The summed E-state index contributed by atoms with van der Waals surface area (Å²) in [6, 6.07) is 6.55. The molecule has 2 aliphatic heterocycles. The molecular weight excluding hydrogens is 336 g/mol. The summed E-state index contributed by atoms with van der Waals surface area (Å²) in [4.78, 5) is 17.0. The lowest BCUT2D eigenvalue weighted by atomic mass is 10.2. The highest BCUT2D eigenvalue weighted by Crippen LogP contribution is 2.20. The van der Waals surface area contributed by atoms with Crippen molar-refractivity contribution in [2.24, 2.45) is 0 Å². The molecule has 134 valence electrons. The van der Waals surface area contributed by atoms with Gasteiger partial charge in [0.2, 0.25) is 0 Å². The lowest BCUT2D eigenvalue weighted by Gasteiger charge is -2.23. The van der Waals surface area contributed by atoms with E-state index in [4.69, 9.17) is 0 Å². The fourth-order valence-electron chi connectivity index (χ4n) is 3.27. The highest BCUT2D eigenvalue weighted by molar-refractivity contribution is 7.90. The van der Waals surface area contributed by atoms with Gasteiger partial charge in [0.15, 0.2) is 9.84 Å². The number of sulfone groups is 1. The highest BCUT2D eigenvalue weighted by atomic mass is 32.2. The number of nitrogens with zero attached hydrogens (tertiary/aromatic N) is 2. The SMILES string of the molecule is CS(=O)(=O)c1ccc(/C=C/C(=O)N2CCC=C2CN2CCCC2)cc1. The molecule has 0 N–H and O–H groups in total. The van der Waals surface area contributed by atoms with Gasteiger partial charge >= 0.3 is 0 Å². The molecule has 0 spiro atoms. The normalized spacial score (nSPS) is 18.9. The van der Waals surface area contributed by atoms with Crippen LogP contribution in [0.3, 0.4) is 0 Å². The van der Waals surface area contributed by atoms with Gasteiger partial charge in [-0.2, -0.15) is 0 Å². The van der Waals surface area contributed by atoms with Crippen LogP contribution in [0.4, 0.5) is 0 Å². The Balaban J connectivity index is 1.62. The Morgan fingerprint density at radius 2 is 1.80 bits per heavy atom. The molecule has 0 aliphatic carbocycles. The summed E-state index contributed by atoms with van der Waals surface area (Å²) in [6.07, 6.45) is 10.0. The second kappa shape index (κ2) is 7.54. The fraction of sp³-hybridized carbons (Fsp3) is 0.421. The Hall–Kier alpha value is -1.92. The summed E-state index contributed by atoms with van der Waals surface area (Å²) >= 11 is 0. The first-order valence-corrected chi connectivity index (χ1v) is 10.5. The second-order valence-electron chi connectivity index (χ2n) is 6.63. The van der Waals surface area contributed by atoms with Gasteiger partial charge in [-0.25, -0.2) is 8.42 Å². The molecule has 0 atom stereocenters. The van der Waals surface area contributed by atoms with E-state index in [1.165, 1.54) is 19.1 Å². The lowest BCUT2D eigenvalue weighted by molar-refractivity contribution is -0.123. The Morgan fingerprint density at radius 1 is 1.12 bits per heavy atom. The number of amides is 1. The van der Waals surface area contributed by atoms with E-state index in [0.29, 0.717) is 0 Å². The van der Waals surface area contributed by atoms with E-state index >= 15 is 0 Å². The van der Waals surface area contributed by atoms with Crippen LogP contribution < -0.4 is 0 Å². The summed E-state index contributed by atoms with van der Waals surface area (Å²) in [6.45, 7) is 3.81. The number of benzene rings is 1. The van der Waals surface area contributed by atoms with Crippen LogP contribution in [0.5, 0.6) is 0 Å². The van der Waals surface area contributed by atoms with Crippen LogP contribution in [0.1, 0.15) is 24.8 Å². The molecule has 1 amide bonds. The van der Waals surface area contributed by atoms with Crippen LogP contribution in [0.25, 0.3) is 6.08 Å². The quantitative estimate of drug-likeness (QED) is 0.756. The molecule has 0 aromatic heterocycles. The molecule has 0 bridgehead atoms. The van der Waals surface area contributed by atoms with Crippen molar-refractivity contribution in [3.05, 3.63) is 47.7 Å². The van der Waals surface area contributed by atoms with Crippen LogP contribution >= 0.6 is 0 Å². The Morgan fingerprint density at radius 3 is 2.44 bits per heavy atom. The number of carbonyl (C=O) groups excluding carboxylic acids is 1.